The molecule has 41 heavy (non-hydrogen) atoms. The zero-order valence-corrected chi connectivity index (χ0v) is 23.4. The number of rotatable bonds is 10. The Morgan fingerprint density at radius 3 is 2.46 bits per heavy atom. The highest BCUT2D eigenvalue weighted by atomic mass is 35.5. The maximum atomic E-state index is 13.7. The number of benzene rings is 2. The largest absolute Gasteiger partial charge is 0.478 e. The van der Waals surface area contributed by atoms with Crippen LogP contribution in [0.25, 0.3) is 11.3 Å². The van der Waals surface area contributed by atoms with Gasteiger partial charge in [0, 0.05) is 23.0 Å². The number of amides is 1. The van der Waals surface area contributed by atoms with Crippen LogP contribution in [0.5, 0.6) is 0 Å². The van der Waals surface area contributed by atoms with Crippen LogP contribution in [0.1, 0.15) is 65.8 Å². The van der Waals surface area contributed by atoms with Gasteiger partial charge in [-0.3, -0.25) is 4.79 Å². The molecule has 7 nitrogen and oxygen atoms in total. The summed E-state index contributed by atoms with van der Waals surface area (Å²) < 4.78 is 52.7. The number of hydrogen-bond acceptors (Lipinski definition) is 5. The van der Waals surface area contributed by atoms with E-state index in [-0.39, 0.29) is 31.0 Å². The van der Waals surface area contributed by atoms with Crippen LogP contribution in [0.3, 0.4) is 0 Å². The number of carboxylic acid groups (broad SMARTS) is 1. The molecule has 0 radical (unpaired) electrons. The van der Waals surface area contributed by atoms with Crippen molar-refractivity contribution in [1.82, 2.24) is 5.16 Å². The first kappa shape index (κ1) is 29.4. The molecule has 2 aromatic carbocycles. The van der Waals surface area contributed by atoms with Crippen molar-refractivity contribution in [1.29, 1.82) is 0 Å². The lowest BCUT2D eigenvalue weighted by atomic mass is 9.63. The smallest absolute Gasteiger partial charge is 0.418 e. The summed E-state index contributed by atoms with van der Waals surface area (Å²) in [4.78, 5) is 24.4. The van der Waals surface area contributed by atoms with Crippen LogP contribution >= 0.6 is 23.2 Å². The minimum atomic E-state index is -4.85. The van der Waals surface area contributed by atoms with E-state index in [1.807, 2.05) is 6.92 Å². The average Bonchev–Trinajstić information content (AvgIpc) is 3.65. The Morgan fingerprint density at radius 2 is 1.85 bits per heavy atom. The second-order valence-electron chi connectivity index (χ2n) is 10.5. The van der Waals surface area contributed by atoms with E-state index in [0.717, 1.165) is 36.3 Å². The van der Waals surface area contributed by atoms with Crippen molar-refractivity contribution in [2.45, 2.75) is 51.3 Å². The number of nitrogens with one attached hydrogen (secondary N) is 1. The van der Waals surface area contributed by atoms with Gasteiger partial charge in [0.05, 0.1) is 40.1 Å². The van der Waals surface area contributed by atoms with Crippen molar-refractivity contribution >= 4 is 40.8 Å². The number of carboxylic acids is 1. The predicted octanol–water partition coefficient (Wildman–Crippen LogP) is 8.06. The van der Waals surface area contributed by atoms with Crippen molar-refractivity contribution in [3.05, 3.63) is 68.9 Å². The summed E-state index contributed by atoms with van der Waals surface area (Å²) in [6, 6.07) is 7.68. The molecule has 5 rings (SSSR count). The lowest BCUT2D eigenvalue weighted by Gasteiger charge is -2.43. The Balaban J connectivity index is 1.30. The van der Waals surface area contributed by atoms with E-state index in [9.17, 15) is 22.8 Å². The molecule has 2 aliphatic rings. The summed E-state index contributed by atoms with van der Waals surface area (Å²) in [5, 5.41) is 16.6. The molecule has 2 fully saturated rings. The van der Waals surface area contributed by atoms with E-state index in [1.165, 1.54) is 0 Å². The van der Waals surface area contributed by atoms with Gasteiger partial charge in [-0.15, -0.1) is 0 Å². The van der Waals surface area contributed by atoms with Gasteiger partial charge in [0.1, 0.15) is 11.5 Å². The lowest BCUT2D eigenvalue weighted by molar-refractivity contribution is -0.137. The van der Waals surface area contributed by atoms with E-state index in [0.29, 0.717) is 40.2 Å². The number of carbonyl (C=O) groups excluding carboxylic acids is 1. The first-order chi connectivity index (χ1) is 19.5. The highest BCUT2D eigenvalue weighted by molar-refractivity contribution is 6.39. The van der Waals surface area contributed by atoms with E-state index in [1.54, 1.807) is 18.2 Å². The Hall–Kier alpha value is -3.08. The van der Waals surface area contributed by atoms with Gasteiger partial charge >= 0.3 is 12.1 Å². The van der Waals surface area contributed by atoms with Crippen molar-refractivity contribution in [2.24, 2.45) is 17.8 Å². The molecule has 0 saturated heterocycles. The summed E-state index contributed by atoms with van der Waals surface area (Å²) in [7, 11) is 0. The van der Waals surface area contributed by atoms with Crippen molar-refractivity contribution in [3.63, 3.8) is 0 Å². The Morgan fingerprint density at radius 1 is 1.15 bits per heavy atom. The second kappa shape index (κ2) is 11.7. The maximum Gasteiger partial charge on any atom is 0.418 e. The number of carbonyl (C=O) groups is 2. The quantitative estimate of drug-likeness (QED) is 0.241. The second-order valence-corrected chi connectivity index (χ2v) is 11.3. The first-order valence-electron chi connectivity index (χ1n) is 13.3. The predicted molar refractivity (Wildman–Crippen MR) is 146 cm³/mol. The summed E-state index contributed by atoms with van der Waals surface area (Å²) in [5.41, 5.74) is -0.421. The summed E-state index contributed by atoms with van der Waals surface area (Å²) in [6.07, 6.45) is -1.56. The fourth-order valence-electron chi connectivity index (χ4n) is 5.49. The van der Waals surface area contributed by atoms with Gasteiger partial charge in [-0.1, -0.05) is 47.8 Å². The number of ether oxygens (including phenoxy) is 1. The number of aromatic nitrogens is 1. The van der Waals surface area contributed by atoms with Crippen LogP contribution in [-0.4, -0.2) is 28.7 Å². The zero-order valence-electron chi connectivity index (χ0n) is 21.9. The van der Waals surface area contributed by atoms with Crippen LogP contribution in [-0.2, 0) is 22.3 Å². The minimum Gasteiger partial charge on any atom is -0.478 e. The molecule has 0 spiro atoms. The molecule has 1 heterocycles. The number of halogens is 5. The van der Waals surface area contributed by atoms with Gasteiger partial charge in [0.15, 0.2) is 0 Å². The van der Waals surface area contributed by atoms with Crippen LogP contribution in [0.4, 0.5) is 18.9 Å². The normalized spacial score (nSPS) is 20.5. The molecule has 1 amide bonds. The standard InChI is InChI=1S/C29H27Cl2F3N2O5/c1-2-14-10-17(23(14)27(37)35-22-9-8-16(28(38)39)11-19(22)29(32,33)34)12-40-13-18-25(36-41-26(18)15-6-7-15)24-20(30)4-3-5-21(24)31/h3-5,8-9,11,14-15,17,23H,2,6-7,10,12-13H2,1H3,(H,35,37)(H,38,39). The highest BCUT2D eigenvalue weighted by Gasteiger charge is 2.45. The minimum absolute atomic E-state index is 0.0219. The van der Waals surface area contributed by atoms with Gasteiger partial charge in [0.25, 0.3) is 0 Å². The Bertz CT molecular complexity index is 1450. The summed E-state index contributed by atoms with van der Waals surface area (Å²) in [6.45, 7) is 2.26. The van der Waals surface area contributed by atoms with E-state index >= 15 is 0 Å². The number of anilines is 1. The summed E-state index contributed by atoms with van der Waals surface area (Å²) >= 11 is 12.8. The number of alkyl halides is 3. The number of aromatic carboxylic acids is 1. The van der Waals surface area contributed by atoms with Crippen LogP contribution in [0.2, 0.25) is 10.0 Å². The Kier molecular flexibility index (Phi) is 8.36. The monoisotopic (exact) mass is 610 g/mol. The van der Waals surface area contributed by atoms with Gasteiger partial charge in [-0.05, 0) is 61.4 Å². The lowest BCUT2D eigenvalue weighted by Crippen LogP contribution is -2.46. The van der Waals surface area contributed by atoms with Crippen molar-refractivity contribution < 1.29 is 37.1 Å². The average molecular weight is 611 g/mol. The Labute approximate surface area is 243 Å². The van der Waals surface area contributed by atoms with Crippen molar-refractivity contribution in [2.75, 3.05) is 11.9 Å². The van der Waals surface area contributed by atoms with E-state index in [4.69, 9.17) is 37.6 Å². The maximum absolute atomic E-state index is 13.7. The molecule has 2 aliphatic carbocycles. The van der Waals surface area contributed by atoms with E-state index < -0.39 is 40.8 Å². The molecule has 2 N–H and O–H groups in total. The molecule has 3 aromatic rings. The molecule has 12 heteroatoms. The highest BCUT2D eigenvalue weighted by Crippen LogP contribution is 2.47. The molecule has 1 aromatic heterocycles. The number of hydrogen-bond donors (Lipinski definition) is 2. The molecule has 218 valence electrons. The number of nitrogens with zero attached hydrogens (tertiary/aromatic N) is 1. The van der Waals surface area contributed by atoms with Gasteiger partial charge in [0.2, 0.25) is 5.91 Å². The van der Waals surface area contributed by atoms with Crippen molar-refractivity contribution in [3.8, 4) is 11.3 Å². The third-order valence-electron chi connectivity index (χ3n) is 7.82. The third kappa shape index (κ3) is 6.10. The molecule has 3 unspecified atom stereocenters. The molecule has 0 aliphatic heterocycles. The SMILES string of the molecule is CCC1CC(COCc2c(-c3c(Cl)cccc3Cl)noc2C2CC2)C1C(=O)Nc1ccc(C(=O)O)cc1C(F)(F)F. The molecule has 0 bridgehead atoms. The van der Waals surface area contributed by atoms with Gasteiger partial charge in [-0.2, -0.15) is 13.2 Å². The van der Waals surface area contributed by atoms with Gasteiger partial charge < -0.3 is 19.7 Å². The van der Waals surface area contributed by atoms with Gasteiger partial charge in [-0.25, -0.2) is 4.79 Å². The van der Waals surface area contributed by atoms with Crippen LogP contribution in [0, 0.1) is 17.8 Å². The molecular formula is C29H27Cl2F3N2O5. The fourth-order valence-corrected chi connectivity index (χ4v) is 6.07. The van der Waals surface area contributed by atoms with E-state index in [2.05, 4.69) is 10.5 Å². The molecular weight excluding hydrogens is 584 g/mol. The topological polar surface area (TPSA) is 102 Å². The fraction of sp³-hybridized carbons (Fsp3) is 0.414. The zero-order chi connectivity index (χ0) is 29.5. The third-order valence-corrected chi connectivity index (χ3v) is 8.45. The van der Waals surface area contributed by atoms with Crippen LogP contribution < -0.4 is 5.32 Å². The molecule has 2 saturated carbocycles. The molecule has 3 atom stereocenters. The first-order valence-corrected chi connectivity index (χ1v) is 14.0. The summed E-state index contributed by atoms with van der Waals surface area (Å²) in [5.74, 6) is -1.91. The van der Waals surface area contributed by atoms with Crippen LogP contribution in [0.15, 0.2) is 40.9 Å².